The first-order chi connectivity index (χ1) is 6.43. The van der Waals surface area contributed by atoms with E-state index in [2.05, 4.69) is 0 Å². The number of likely N-dealkylation sites (tertiary alicyclic amines) is 1. The Kier molecular flexibility index (Phi) is 3.13. The van der Waals surface area contributed by atoms with E-state index < -0.39 is 11.4 Å². The van der Waals surface area contributed by atoms with Gasteiger partial charge in [0.2, 0.25) is 5.91 Å². The molecule has 80 valence electrons. The minimum Gasteiger partial charge on any atom is -0.481 e. The van der Waals surface area contributed by atoms with Crippen LogP contribution in [0.15, 0.2) is 0 Å². The highest BCUT2D eigenvalue weighted by Gasteiger charge is 2.29. The molecule has 0 unspecified atom stereocenters. The Morgan fingerprint density at radius 2 is 2.21 bits per heavy atom. The Bertz CT molecular complexity index is 248. The summed E-state index contributed by atoms with van der Waals surface area (Å²) in [5.41, 5.74) is -0.733. The summed E-state index contributed by atoms with van der Waals surface area (Å²) < 4.78 is 0. The highest BCUT2D eigenvalue weighted by Crippen LogP contribution is 2.22. The zero-order valence-corrected chi connectivity index (χ0v) is 8.75. The molecule has 0 aromatic carbocycles. The van der Waals surface area contributed by atoms with E-state index in [1.165, 1.54) is 0 Å². The van der Waals surface area contributed by atoms with Crippen molar-refractivity contribution in [1.29, 1.82) is 0 Å². The van der Waals surface area contributed by atoms with Gasteiger partial charge < -0.3 is 10.0 Å². The van der Waals surface area contributed by atoms with Crippen molar-refractivity contribution in [2.45, 2.75) is 33.1 Å². The first-order valence-corrected chi connectivity index (χ1v) is 4.95. The van der Waals surface area contributed by atoms with Gasteiger partial charge in [0.1, 0.15) is 0 Å². The maximum atomic E-state index is 11.2. The van der Waals surface area contributed by atoms with E-state index in [0.29, 0.717) is 19.4 Å². The number of rotatable bonds is 4. The molecule has 4 nitrogen and oxygen atoms in total. The maximum absolute atomic E-state index is 11.2. The zero-order chi connectivity index (χ0) is 10.8. The first kappa shape index (κ1) is 11.0. The number of nitrogens with zero attached hydrogens (tertiary/aromatic N) is 1. The lowest BCUT2D eigenvalue weighted by molar-refractivity contribution is -0.148. The van der Waals surface area contributed by atoms with Crippen molar-refractivity contribution in [2.24, 2.45) is 5.41 Å². The molecule has 0 aromatic rings. The van der Waals surface area contributed by atoms with Crippen LogP contribution < -0.4 is 0 Å². The van der Waals surface area contributed by atoms with Crippen molar-refractivity contribution in [2.75, 3.05) is 13.1 Å². The number of amides is 1. The monoisotopic (exact) mass is 199 g/mol. The fourth-order valence-corrected chi connectivity index (χ4v) is 1.46. The smallest absolute Gasteiger partial charge is 0.309 e. The van der Waals surface area contributed by atoms with Crippen LogP contribution in [-0.2, 0) is 9.59 Å². The Balaban J connectivity index is 2.40. The van der Waals surface area contributed by atoms with Gasteiger partial charge in [-0.15, -0.1) is 0 Å². The van der Waals surface area contributed by atoms with Gasteiger partial charge in [-0.2, -0.15) is 0 Å². The van der Waals surface area contributed by atoms with Crippen molar-refractivity contribution in [3.8, 4) is 0 Å². The van der Waals surface area contributed by atoms with Gasteiger partial charge >= 0.3 is 5.97 Å². The summed E-state index contributed by atoms with van der Waals surface area (Å²) in [5, 5.41) is 8.88. The van der Waals surface area contributed by atoms with E-state index in [4.69, 9.17) is 5.11 Å². The summed E-state index contributed by atoms with van der Waals surface area (Å²) in [5.74, 6) is -0.643. The van der Waals surface area contributed by atoms with E-state index in [9.17, 15) is 9.59 Å². The van der Waals surface area contributed by atoms with E-state index in [-0.39, 0.29) is 5.91 Å². The predicted octanol–water partition coefficient (Wildman–Crippen LogP) is 1.11. The van der Waals surface area contributed by atoms with Crippen LogP contribution in [0.5, 0.6) is 0 Å². The molecule has 0 radical (unpaired) electrons. The summed E-state index contributed by atoms with van der Waals surface area (Å²) in [7, 11) is 0. The van der Waals surface area contributed by atoms with Crippen LogP contribution in [0.4, 0.5) is 0 Å². The van der Waals surface area contributed by atoms with Gasteiger partial charge in [0, 0.05) is 19.5 Å². The van der Waals surface area contributed by atoms with E-state index in [1.54, 1.807) is 18.7 Å². The third-order valence-electron chi connectivity index (χ3n) is 2.76. The Morgan fingerprint density at radius 3 is 2.64 bits per heavy atom. The molecular formula is C10H17NO3. The standard InChI is InChI=1S/C10H17NO3/c1-10(2,9(13)14)5-7-11-6-3-4-8(11)12/h3-7H2,1-2H3,(H,13,14). The number of hydrogen-bond donors (Lipinski definition) is 1. The molecule has 0 spiro atoms. The number of carbonyl (C=O) groups is 2. The molecule has 1 fully saturated rings. The van der Waals surface area contributed by atoms with E-state index in [1.807, 2.05) is 0 Å². The average Bonchev–Trinajstić information content (AvgIpc) is 2.47. The molecule has 1 amide bonds. The highest BCUT2D eigenvalue weighted by atomic mass is 16.4. The molecule has 1 N–H and O–H groups in total. The molecule has 0 aliphatic carbocycles. The SMILES string of the molecule is CC(C)(CCN1CCCC1=O)C(=O)O. The second-order valence-corrected chi connectivity index (χ2v) is 4.42. The number of hydrogen-bond acceptors (Lipinski definition) is 2. The summed E-state index contributed by atoms with van der Waals surface area (Å²) in [4.78, 5) is 23.8. The lowest BCUT2D eigenvalue weighted by Crippen LogP contribution is -2.32. The topological polar surface area (TPSA) is 57.6 Å². The zero-order valence-electron chi connectivity index (χ0n) is 8.75. The van der Waals surface area contributed by atoms with Crippen molar-refractivity contribution in [3.63, 3.8) is 0 Å². The van der Waals surface area contributed by atoms with Crippen molar-refractivity contribution < 1.29 is 14.7 Å². The van der Waals surface area contributed by atoms with Crippen molar-refractivity contribution >= 4 is 11.9 Å². The van der Waals surface area contributed by atoms with Crippen LogP contribution in [-0.4, -0.2) is 35.0 Å². The van der Waals surface area contributed by atoms with Crippen LogP contribution in [0.1, 0.15) is 33.1 Å². The minimum absolute atomic E-state index is 0.159. The summed E-state index contributed by atoms with van der Waals surface area (Å²) >= 11 is 0. The predicted molar refractivity (Wildman–Crippen MR) is 51.8 cm³/mol. The Hall–Kier alpha value is -1.06. The van der Waals surface area contributed by atoms with Crippen LogP contribution in [0.3, 0.4) is 0 Å². The molecule has 1 aliphatic rings. The molecule has 0 bridgehead atoms. The van der Waals surface area contributed by atoms with Crippen LogP contribution in [0.2, 0.25) is 0 Å². The fourth-order valence-electron chi connectivity index (χ4n) is 1.46. The molecule has 14 heavy (non-hydrogen) atoms. The number of carbonyl (C=O) groups excluding carboxylic acids is 1. The van der Waals surface area contributed by atoms with Gasteiger partial charge in [0.05, 0.1) is 5.41 Å². The number of carboxylic acid groups (broad SMARTS) is 1. The lowest BCUT2D eigenvalue weighted by atomic mass is 9.89. The van der Waals surface area contributed by atoms with Gasteiger partial charge in [-0.05, 0) is 26.7 Å². The van der Waals surface area contributed by atoms with Gasteiger partial charge in [0.15, 0.2) is 0 Å². The third-order valence-corrected chi connectivity index (χ3v) is 2.76. The molecule has 0 saturated carbocycles. The highest BCUT2D eigenvalue weighted by molar-refractivity contribution is 5.78. The summed E-state index contributed by atoms with van der Waals surface area (Å²) in [6.07, 6.45) is 2.05. The lowest BCUT2D eigenvalue weighted by Gasteiger charge is -2.23. The Labute approximate surface area is 83.9 Å². The second kappa shape index (κ2) is 3.98. The molecule has 1 heterocycles. The fraction of sp³-hybridized carbons (Fsp3) is 0.800. The quantitative estimate of drug-likeness (QED) is 0.737. The van der Waals surface area contributed by atoms with E-state index >= 15 is 0 Å². The molecule has 0 atom stereocenters. The molecule has 4 heteroatoms. The second-order valence-electron chi connectivity index (χ2n) is 4.42. The molecular weight excluding hydrogens is 182 g/mol. The largest absolute Gasteiger partial charge is 0.481 e. The van der Waals surface area contributed by atoms with Crippen molar-refractivity contribution in [3.05, 3.63) is 0 Å². The third kappa shape index (κ3) is 2.47. The minimum atomic E-state index is -0.802. The molecule has 1 saturated heterocycles. The number of aliphatic carboxylic acids is 1. The molecule has 1 rings (SSSR count). The molecule has 0 aromatic heterocycles. The number of carboxylic acids is 1. The maximum Gasteiger partial charge on any atom is 0.309 e. The van der Waals surface area contributed by atoms with Gasteiger partial charge in [-0.25, -0.2) is 0 Å². The summed E-state index contributed by atoms with van der Waals surface area (Å²) in [6.45, 7) is 4.73. The van der Waals surface area contributed by atoms with Crippen LogP contribution in [0.25, 0.3) is 0 Å². The summed E-state index contributed by atoms with van der Waals surface area (Å²) in [6, 6.07) is 0. The van der Waals surface area contributed by atoms with Gasteiger partial charge in [0.25, 0.3) is 0 Å². The Morgan fingerprint density at radius 1 is 1.57 bits per heavy atom. The average molecular weight is 199 g/mol. The van der Waals surface area contributed by atoms with Crippen LogP contribution in [0, 0.1) is 5.41 Å². The van der Waals surface area contributed by atoms with Gasteiger partial charge in [-0.3, -0.25) is 9.59 Å². The van der Waals surface area contributed by atoms with Crippen LogP contribution >= 0.6 is 0 Å². The van der Waals surface area contributed by atoms with Gasteiger partial charge in [-0.1, -0.05) is 0 Å². The van der Waals surface area contributed by atoms with E-state index in [0.717, 1.165) is 13.0 Å². The van der Waals surface area contributed by atoms with Crippen molar-refractivity contribution in [1.82, 2.24) is 4.90 Å². The first-order valence-electron chi connectivity index (χ1n) is 4.95. The normalized spacial score (nSPS) is 17.6. The molecule has 1 aliphatic heterocycles.